The van der Waals surface area contributed by atoms with Crippen LogP contribution in [0.5, 0.6) is 0 Å². The van der Waals surface area contributed by atoms with Crippen LogP contribution in [0.25, 0.3) is 0 Å². The molecule has 3 N–H and O–H groups in total. The highest BCUT2D eigenvalue weighted by Gasteiger charge is 2.08. The number of rotatable bonds is 7. The maximum atomic E-state index is 5.73. The van der Waals surface area contributed by atoms with Crippen LogP contribution in [-0.4, -0.2) is 11.5 Å². The third-order valence-electron chi connectivity index (χ3n) is 2.61. The molecule has 0 aliphatic heterocycles. The summed E-state index contributed by atoms with van der Waals surface area (Å²) in [6.45, 7) is 3.18. The average molecular weight is 315 g/mol. The van der Waals surface area contributed by atoms with E-state index in [4.69, 9.17) is 18.0 Å². The van der Waals surface area contributed by atoms with Gasteiger partial charge in [-0.2, -0.15) is 0 Å². The minimum atomic E-state index is 0.425. The molecule has 4 heteroatoms. The highest BCUT2D eigenvalue weighted by Crippen LogP contribution is 2.24. The van der Waals surface area contributed by atoms with Crippen molar-refractivity contribution in [1.82, 2.24) is 0 Å². The number of halogens is 1. The van der Waals surface area contributed by atoms with Gasteiger partial charge in [0.05, 0.1) is 0 Å². The Kier molecular flexibility index (Phi) is 6.52. The lowest BCUT2D eigenvalue weighted by Crippen LogP contribution is -2.14. The molecular weight excluding hydrogens is 296 g/mol. The van der Waals surface area contributed by atoms with Crippen LogP contribution in [0.1, 0.15) is 38.2 Å². The largest absolute Gasteiger partial charge is 0.389 e. The fourth-order valence-corrected chi connectivity index (χ4v) is 2.63. The van der Waals surface area contributed by atoms with Gasteiger partial charge in [-0.25, -0.2) is 0 Å². The molecule has 17 heavy (non-hydrogen) atoms. The number of unbranched alkanes of at least 4 members (excludes halogenated alkanes) is 3. The van der Waals surface area contributed by atoms with Crippen LogP contribution in [0.4, 0.5) is 5.69 Å². The average Bonchev–Trinajstić information content (AvgIpc) is 2.28. The first kappa shape index (κ1) is 14.5. The van der Waals surface area contributed by atoms with Crippen LogP contribution in [0.2, 0.25) is 0 Å². The van der Waals surface area contributed by atoms with Gasteiger partial charge >= 0.3 is 0 Å². The number of nitrogens with one attached hydrogen (secondary N) is 1. The Bertz CT molecular complexity index is 380. The van der Waals surface area contributed by atoms with Gasteiger partial charge in [0.1, 0.15) is 4.99 Å². The Morgan fingerprint density at radius 1 is 1.35 bits per heavy atom. The first-order valence-electron chi connectivity index (χ1n) is 5.99. The third-order valence-corrected chi connectivity index (χ3v) is 3.47. The van der Waals surface area contributed by atoms with Crippen LogP contribution in [-0.2, 0) is 0 Å². The summed E-state index contributed by atoms with van der Waals surface area (Å²) in [5.41, 5.74) is 7.65. The molecular formula is C13H19BrN2S. The second kappa shape index (κ2) is 7.67. The summed E-state index contributed by atoms with van der Waals surface area (Å²) in [6.07, 6.45) is 4.99. The van der Waals surface area contributed by atoms with Crippen molar-refractivity contribution in [2.24, 2.45) is 5.73 Å². The van der Waals surface area contributed by atoms with Gasteiger partial charge < -0.3 is 11.1 Å². The van der Waals surface area contributed by atoms with E-state index in [9.17, 15) is 0 Å². The number of hydrogen-bond donors (Lipinski definition) is 2. The van der Waals surface area contributed by atoms with Crippen molar-refractivity contribution in [1.29, 1.82) is 0 Å². The molecule has 0 aliphatic carbocycles. The lowest BCUT2D eigenvalue weighted by atomic mass is 10.1. The highest BCUT2D eigenvalue weighted by atomic mass is 79.9. The lowest BCUT2D eigenvalue weighted by Gasteiger charge is -2.12. The summed E-state index contributed by atoms with van der Waals surface area (Å²) >= 11 is 8.54. The SMILES string of the molecule is CCCCCCNc1cccc(Br)c1C(N)=S. The summed E-state index contributed by atoms with van der Waals surface area (Å²) in [6, 6.07) is 5.95. The molecule has 94 valence electrons. The lowest BCUT2D eigenvalue weighted by molar-refractivity contribution is 0.685. The molecule has 2 nitrogen and oxygen atoms in total. The van der Waals surface area contributed by atoms with Gasteiger partial charge in [0.2, 0.25) is 0 Å². The Balaban J connectivity index is 2.58. The quantitative estimate of drug-likeness (QED) is 0.588. The van der Waals surface area contributed by atoms with Crippen molar-refractivity contribution < 1.29 is 0 Å². The number of thiocarbonyl (C=S) groups is 1. The first-order valence-corrected chi connectivity index (χ1v) is 7.19. The second-order valence-corrected chi connectivity index (χ2v) is 5.31. The molecule has 0 saturated heterocycles. The van der Waals surface area contributed by atoms with Crippen LogP contribution < -0.4 is 11.1 Å². The number of benzene rings is 1. The van der Waals surface area contributed by atoms with Crippen LogP contribution in [0, 0.1) is 0 Å². The van der Waals surface area contributed by atoms with E-state index in [0.717, 1.165) is 22.3 Å². The molecule has 0 aliphatic rings. The summed E-state index contributed by atoms with van der Waals surface area (Å²) in [5, 5.41) is 3.40. The normalized spacial score (nSPS) is 10.2. The zero-order valence-electron chi connectivity index (χ0n) is 10.1. The molecule has 1 aromatic carbocycles. The monoisotopic (exact) mass is 314 g/mol. The van der Waals surface area contributed by atoms with Crippen molar-refractivity contribution >= 4 is 38.8 Å². The maximum Gasteiger partial charge on any atom is 0.107 e. The van der Waals surface area contributed by atoms with E-state index < -0.39 is 0 Å². The Hall–Kier alpha value is -0.610. The summed E-state index contributed by atoms with van der Waals surface area (Å²) in [5.74, 6) is 0. The third kappa shape index (κ3) is 4.64. The van der Waals surface area contributed by atoms with Gasteiger partial charge in [-0.05, 0) is 34.5 Å². The highest BCUT2D eigenvalue weighted by molar-refractivity contribution is 9.10. The summed E-state index contributed by atoms with van der Waals surface area (Å²) in [7, 11) is 0. The van der Waals surface area contributed by atoms with Crippen LogP contribution in [0.3, 0.4) is 0 Å². The molecule has 0 unspecified atom stereocenters. The molecule has 0 radical (unpaired) electrons. The van der Waals surface area contributed by atoms with Crippen molar-refractivity contribution in [3.8, 4) is 0 Å². The van der Waals surface area contributed by atoms with E-state index in [-0.39, 0.29) is 0 Å². The van der Waals surface area contributed by atoms with E-state index in [1.165, 1.54) is 25.7 Å². The van der Waals surface area contributed by atoms with E-state index >= 15 is 0 Å². The molecule has 1 aromatic rings. The van der Waals surface area contributed by atoms with Crippen molar-refractivity contribution in [2.45, 2.75) is 32.6 Å². The van der Waals surface area contributed by atoms with E-state index in [1.54, 1.807) is 0 Å². The van der Waals surface area contributed by atoms with Gasteiger partial charge in [0, 0.05) is 22.3 Å². The Morgan fingerprint density at radius 2 is 2.12 bits per heavy atom. The predicted octanol–water partition coefficient (Wildman–Crippen LogP) is 4.08. The number of anilines is 1. The van der Waals surface area contributed by atoms with Crippen molar-refractivity contribution in [3.05, 3.63) is 28.2 Å². The van der Waals surface area contributed by atoms with Gasteiger partial charge in [-0.3, -0.25) is 0 Å². The van der Waals surface area contributed by atoms with Crippen LogP contribution >= 0.6 is 28.1 Å². The zero-order valence-corrected chi connectivity index (χ0v) is 12.5. The van der Waals surface area contributed by atoms with E-state index in [1.807, 2.05) is 18.2 Å². The van der Waals surface area contributed by atoms with Crippen molar-refractivity contribution in [2.75, 3.05) is 11.9 Å². The van der Waals surface area contributed by atoms with Crippen molar-refractivity contribution in [3.63, 3.8) is 0 Å². The van der Waals surface area contributed by atoms with E-state index in [0.29, 0.717) is 4.99 Å². The van der Waals surface area contributed by atoms with Crippen LogP contribution in [0.15, 0.2) is 22.7 Å². The topological polar surface area (TPSA) is 38.0 Å². The van der Waals surface area contributed by atoms with Gasteiger partial charge in [-0.1, -0.05) is 44.5 Å². The predicted molar refractivity (Wildman–Crippen MR) is 82.7 cm³/mol. The van der Waals surface area contributed by atoms with Gasteiger partial charge in [0.25, 0.3) is 0 Å². The first-order chi connectivity index (χ1) is 8.16. The molecule has 0 aromatic heterocycles. The molecule has 0 amide bonds. The Labute approximate surface area is 117 Å². The molecule has 0 heterocycles. The Morgan fingerprint density at radius 3 is 2.76 bits per heavy atom. The summed E-state index contributed by atoms with van der Waals surface area (Å²) in [4.78, 5) is 0.425. The second-order valence-electron chi connectivity index (χ2n) is 4.01. The zero-order chi connectivity index (χ0) is 12.7. The van der Waals surface area contributed by atoms with Gasteiger partial charge in [-0.15, -0.1) is 0 Å². The molecule has 0 saturated carbocycles. The molecule has 0 atom stereocenters. The fraction of sp³-hybridized carbons (Fsp3) is 0.462. The van der Waals surface area contributed by atoms with E-state index in [2.05, 4.69) is 28.2 Å². The minimum absolute atomic E-state index is 0.425. The molecule has 0 spiro atoms. The van der Waals surface area contributed by atoms with Gasteiger partial charge in [0.15, 0.2) is 0 Å². The molecule has 1 rings (SSSR count). The minimum Gasteiger partial charge on any atom is -0.389 e. The summed E-state index contributed by atoms with van der Waals surface area (Å²) < 4.78 is 0.948. The number of hydrogen-bond acceptors (Lipinski definition) is 2. The maximum absolute atomic E-state index is 5.73. The molecule has 0 fully saturated rings. The smallest absolute Gasteiger partial charge is 0.107 e. The molecule has 0 bridgehead atoms. The number of nitrogens with two attached hydrogens (primary N) is 1. The fourth-order valence-electron chi connectivity index (χ4n) is 1.70. The standard InChI is InChI=1S/C13H19BrN2S/c1-2-3-4-5-9-16-11-8-6-7-10(14)12(11)13(15)17/h6-8,16H,2-5,9H2,1H3,(H2,15,17).